The highest BCUT2D eigenvalue weighted by molar-refractivity contribution is 5.92. The molecule has 2 N–H and O–H groups in total. The van der Waals surface area contributed by atoms with Crippen LogP contribution in [0.4, 0.5) is 11.6 Å². The summed E-state index contributed by atoms with van der Waals surface area (Å²) in [6.45, 7) is 1.46. The van der Waals surface area contributed by atoms with Gasteiger partial charge in [-0.1, -0.05) is 0 Å². The minimum absolute atomic E-state index is 0.0976. The number of anilines is 2. The predicted molar refractivity (Wildman–Crippen MR) is 82.7 cm³/mol. The third-order valence-corrected chi connectivity index (χ3v) is 3.78. The predicted octanol–water partition coefficient (Wildman–Crippen LogP) is 1.02. The number of H-pyrrole nitrogens is 1. The summed E-state index contributed by atoms with van der Waals surface area (Å²) in [5.74, 6) is 0.491. The molecule has 1 aliphatic heterocycles. The maximum absolute atomic E-state index is 12.2. The molecule has 0 atom stereocenters. The number of amides is 1. The van der Waals surface area contributed by atoms with E-state index in [9.17, 15) is 9.59 Å². The molecule has 0 unspecified atom stereocenters. The molecule has 1 amide bonds. The molecule has 0 aliphatic carbocycles. The molecular weight excluding hydrogens is 282 g/mol. The number of carbonyl (C=O) groups excluding carboxylic acids is 1. The Balaban J connectivity index is 1.58. The van der Waals surface area contributed by atoms with E-state index in [-0.39, 0.29) is 17.4 Å². The van der Waals surface area contributed by atoms with Crippen molar-refractivity contribution < 1.29 is 4.79 Å². The highest BCUT2D eigenvalue weighted by atomic mass is 16.2. The molecule has 0 spiro atoms. The van der Waals surface area contributed by atoms with Crippen molar-refractivity contribution in [2.75, 3.05) is 23.3 Å². The van der Waals surface area contributed by atoms with Crippen LogP contribution in [0.1, 0.15) is 12.8 Å². The first-order valence-electron chi connectivity index (χ1n) is 7.24. The third-order valence-electron chi connectivity index (χ3n) is 3.78. The van der Waals surface area contributed by atoms with Crippen LogP contribution in [0.3, 0.4) is 0 Å². The second-order valence-corrected chi connectivity index (χ2v) is 5.21. The van der Waals surface area contributed by atoms with E-state index >= 15 is 0 Å². The number of aromatic nitrogens is 3. The van der Waals surface area contributed by atoms with Crippen molar-refractivity contribution in [3.8, 4) is 0 Å². The SMILES string of the molecule is O=C(Nc1ccc[nH]c1=O)C1CCN(c2ncccn2)CC1. The smallest absolute Gasteiger partial charge is 0.271 e. The van der Waals surface area contributed by atoms with Crippen molar-refractivity contribution in [3.05, 3.63) is 47.1 Å². The van der Waals surface area contributed by atoms with Crippen LogP contribution in [-0.4, -0.2) is 33.9 Å². The van der Waals surface area contributed by atoms with Gasteiger partial charge in [-0.15, -0.1) is 0 Å². The molecule has 3 rings (SSSR count). The van der Waals surface area contributed by atoms with Gasteiger partial charge in [-0.05, 0) is 31.0 Å². The quantitative estimate of drug-likeness (QED) is 0.883. The largest absolute Gasteiger partial charge is 0.341 e. The molecule has 1 aliphatic rings. The minimum Gasteiger partial charge on any atom is -0.341 e. The van der Waals surface area contributed by atoms with Crippen LogP contribution < -0.4 is 15.8 Å². The minimum atomic E-state index is -0.286. The number of piperidine rings is 1. The number of hydrogen-bond acceptors (Lipinski definition) is 5. The van der Waals surface area contributed by atoms with Crippen molar-refractivity contribution >= 4 is 17.5 Å². The molecule has 0 saturated carbocycles. The van der Waals surface area contributed by atoms with E-state index in [2.05, 4.69) is 25.2 Å². The molecule has 3 heterocycles. The summed E-state index contributed by atoms with van der Waals surface area (Å²) in [5, 5.41) is 2.70. The Bertz CT molecular complexity index is 692. The average molecular weight is 299 g/mol. The van der Waals surface area contributed by atoms with Crippen LogP contribution in [0.25, 0.3) is 0 Å². The van der Waals surface area contributed by atoms with Crippen molar-refractivity contribution in [3.63, 3.8) is 0 Å². The van der Waals surface area contributed by atoms with Crippen LogP contribution in [0, 0.1) is 5.92 Å². The van der Waals surface area contributed by atoms with E-state index in [1.165, 1.54) is 6.20 Å². The molecule has 114 valence electrons. The van der Waals surface area contributed by atoms with Crippen molar-refractivity contribution in [1.82, 2.24) is 15.0 Å². The standard InChI is InChI=1S/C15H17N5O2/c21-13(19-12-3-1-6-16-14(12)22)11-4-9-20(10-5-11)15-17-7-2-8-18-15/h1-3,6-8,11H,4-5,9-10H2,(H,16,22)(H,19,21). The summed E-state index contributed by atoms with van der Waals surface area (Å²) in [6, 6.07) is 5.07. The van der Waals surface area contributed by atoms with E-state index in [0.717, 1.165) is 25.9 Å². The van der Waals surface area contributed by atoms with E-state index in [0.29, 0.717) is 11.6 Å². The van der Waals surface area contributed by atoms with Gasteiger partial charge in [0, 0.05) is 37.6 Å². The zero-order valence-corrected chi connectivity index (χ0v) is 12.0. The lowest BCUT2D eigenvalue weighted by Crippen LogP contribution is -2.39. The van der Waals surface area contributed by atoms with Crippen LogP contribution in [0.2, 0.25) is 0 Å². The number of nitrogens with one attached hydrogen (secondary N) is 2. The molecule has 22 heavy (non-hydrogen) atoms. The van der Waals surface area contributed by atoms with Crippen molar-refractivity contribution in [2.24, 2.45) is 5.92 Å². The summed E-state index contributed by atoms with van der Waals surface area (Å²) < 4.78 is 0. The van der Waals surface area contributed by atoms with E-state index in [1.807, 2.05) is 0 Å². The molecule has 2 aromatic heterocycles. The topological polar surface area (TPSA) is 91.0 Å². The summed E-state index contributed by atoms with van der Waals surface area (Å²) >= 11 is 0. The number of aromatic amines is 1. The lowest BCUT2D eigenvalue weighted by atomic mass is 9.96. The molecule has 0 bridgehead atoms. The molecule has 7 nitrogen and oxygen atoms in total. The van der Waals surface area contributed by atoms with Gasteiger partial charge in [-0.25, -0.2) is 9.97 Å². The van der Waals surface area contributed by atoms with Gasteiger partial charge >= 0.3 is 0 Å². The number of nitrogens with zero attached hydrogens (tertiary/aromatic N) is 3. The lowest BCUT2D eigenvalue weighted by Gasteiger charge is -2.31. The van der Waals surface area contributed by atoms with Gasteiger partial charge < -0.3 is 15.2 Å². The Kier molecular flexibility index (Phi) is 4.13. The van der Waals surface area contributed by atoms with E-state index < -0.39 is 0 Å². The van der Waals surface area contributed by atoms with Crippen LogP contribution >= 0.6 is 0 Å². The highest BCUT2D eigenvalue weighted by Crippen LogP contribution is 2.21. The Hall–Kier alpha value is -2.70. The van der Waals surface area contributed by atoms with Crippen LogP contribution in [0.5, 0.6) is 0 Å². The molecule has 1 saturated heterocycles. The third kappa shape index (κ3) is 3.13. The van der Waals surface area contributed by atoms with E-state index in [4.69, 9.17) is 0 Å². The fraction of sp³-hybridized carbons (Fsp3) is 0.333. The fourth-order valence-electron chi connectivity index (χ4n) is 2.55. The molecule has 0 aromatic carbocycles. The summed E-state index contributed by atoms with van der Waals surface area (Å²) in [4.78, 5) is 36.9. The highest BCUT2D eigenvalue weighted by Gasteiger charge is 2.26. The fourth-order valence-corrected chi connectivity index (χ4v) is 2.55. The van der Waals surface area contributed by atoms with Gasteiger partial charge in [-0.2, -0.15) is 0 Å². The Labute approximate surface area is 127 Å². The Morgan fingerprint density at radius 3 is 2.64 bits per heavy atom. The zero-order chi connectivity index (χ0) is 15.4. The molecular formula is C15H17N5O2. The normalized spacial score (nSPS) is 15.5. The van der Waals surface area contributed by atoms with Gasteiger partial charge in [0.05, 0.1) is 0 Å². The molecule has 0 radical (unpaired) electrons. The number of pyridine rings is 1. The second kappa shape index (κ2) is 6.38. The van der Waals surface area contributed by atoms with Gasteiger partial charge in [0.2, 0.25) is 11.9 Å². The average Bonchev–Trinajstić information content (AvgIpc) is 2.58. The van der Waals surface area contributed by atoms with Crippen LogP contribution in [-0.2, 0) is 4.79 Å². The number of carbonyl (C=O) groups is 1. The van der Waals surface area contributed by atoms with Gasteiger partial charge in [0.25, 0.3) is 5.56 Å². The number of hydrogen-bond donors (Lipinski definition) is 2. The van der Waals surface area contributed by atoms with Gasteiger partial charge in [0.1, 0.15) is 5.69 Å². The monoisotopic (exact) mass is 299 g/mol. The first-order valence-corrected chi connectivity index (χ1v) is 7.24. The maximum Gasteiger partial charge on any atom is 0.271 e. The Morgan fingerprint density at radius 1 is 1.23 bits per heavy atom. The molecule has 7 heteroatoms. The van der Waals surface area contributed by atoms with E-state index in [1.54, 1.807) is 30.6 Å². The lowest BCUT2D eigenvalue weighted by molar-refractivity contribution is -0.120. The van der Waals surface area contributed by atoms with Gasteiger partial charge in [0.15, 0.2) is 0 Å². The van der Waals surface area contributed by atoms with Crippen molar-refractivity contribution in [1.29, 1.82) is 0 Å². The zero-order valence-electron chi connectivity index (χ0n) is 12.0. The Morgan fingerprint density at radius 2 is 1.95 bits per heavy atom. The number of rotatable bonds is 3. The molecule has 2 aromatic rings. The van der Waals surface area contributed by atoms with Gasteiger partial charge in [-0.3, -0.25) is 9.59 Å². The van der Waals surface area contributed by atoms with Crippen molar-refractivity contribution in [2.45, 2.75) is 12.8 Å². The van der Waals surface area contributed by atoms with Crippen LogP contribution in [0.15, 0.2) is 41.6 Å². The molecule has 1 fully saturated rings. The summed E-state index contributed by atoms with van der Waals surface area (Å²) in [7, 11) is 0. The summed E-state index contributed by atoms with van der Waals surface area (Å²) in [5.41, 5.74) is 0.00675. The first-order chi connectivity index (χ1) is 10.7. The second-order valence-electron chi connectivity index (χ2n) is 5.21. The maximum atomic E-state index is 12.2. The summed E-state index contributed by atoms with van der Waals surface area (Å²) in [6.07, 6.45) is 6.39. The first kappa shape index (κ1) is 14.2.